The normalized spacial score (nSPS) is 23.5. The first kappa shape index (κ1) is 26.1. The molecule has 1 amide bonds. The maximum atomic E-state index is 14.7. The molecule has 1 fully saturated rings. The number of halogens is 1. The van der Waals surface area contributed by atoms with Crippen molar-refractivity contribution in [2.24, 2.45) is 0 Å². The fourth-order valence-electron chi connectivity index (χ4n) is 5.40. The molecule has 2 aliphatic heterocycles. The summed E-state index contributed by atoms with van der Waals surface area (Å²) in [4.78, 5) is 32.6. The number of anilines is 1. The maximum absolute atomic E-state index is 14.7. The van der Waals surface area contributed by atoms with Gasteiger partial charge in [0.1, 0.15) is 11.8 Å². The number of aliphatic carboxylic acids is 1. The Morgan fingerprint density at radius 2 is 1.87 bits per heavy atom. The van der Waals surface area contributed by atoms with Crippen LogP contribution in [0.4, 0.5) is 5.69 Å². The highest BCUT2D eigenvalue weighted by molar-refractivity contribution is 7.93. The number of carboxylic acid groups (broad SMARTS) is 1. The Hall–Kier alpha value is -3.51. The smallest absolute Gasteiger partial charge is 0.321 e. The van der Waals surface area contributed by atoms with E-state index in [4.69, 9.17) is 16.3 Å². The molecule has 1 aromatic heterocycles. The Morgan fingerprint density at radius 3 is 2.55 bits per heavy atom. The van der Waals surface area contributed by atoms with Gasteiger partial charge in [0.2, 0.25) is 0 Å². The molecule has 38 heavy (non-hydrogen) atoms. The number of para-hydroxylation sites is 1. The van der Waals surface area contributed by atoms with E-state index in [1.165, 1.54) is 42.3 Å². The summed E-state index contributed by atoms with van der Waals surface area (Å²) in [6.45, 7) is 1.41. The molecule has 198 valence electrons. The molecule has 10 nitrogen and oxygen atoms in total. The minimum atomic E-state index is -4.56. The van der Waals surface area contributed by atoms with Crippen LogP contribution in [0.15, 0.2) is 65.7 Å². The molecule has 2 aliphatic rings. The fourth-order valence-corrected chi connectivity index (χ4v) is 7.03. The van der Waals surface area contributed by atoms with Gasteiger partial charge in [-0.25, -0.2) is 4.98 Å². The van der Waals surface area contributed by atoms with E-state index in [0.717, 1.165) is 0 Å². The largest absolute Gasteiger partial charge is 0.496 e. The number of likely N-dealkylation sites (tertiary alicyclic amines) is 1. The zero-order valence-electron chi connectivity index (χ0n) is 20.4. The van der Waals surface area contributed by atoms with Crippen molar-refractivity contribution in [3.63, 3.8) is 0 Å². The van der Waals surface area contributed by atoms with Crippen molar-refractivity contribution in [1.29, 1.82) is 0 Å². The number of nitrogens with zero attached hydrogens (tertiary/aromatic N) is 3. The quantitative estimate of drug-likeness (QED) is 0.468. The lowest BCUT2D eigenvalue weighted by Gasteiger charge is -2.40. The number of rotatable bonds is 6. The third-order valence-corrected chi connectivity index (χ3v) is 8.75. The van der Waals surface area contributed by atoms with Crippen LogP contribution in [0.2, 0.25) is 5.02 Å². The van der Waals surface area contributed by atoms with E-state index in [2.05, 4.69) is 4.98 Å². The van der Waals surface area contributed by atoms with E-state index in [0.29, 0.717) is 10.00 Å². The number of carbonyl (C=O) groups is 2. The van der Waals surface area contributed by atoms with Crippen molar-refractivity contribution >= 4 is 39.2 Å². The van der Waals surface area contributed by atoms with Gasteiger partial charge in [0, 0.05) is 34.8 Å². The molecule has 2 N–H and O–H groups in total. The minimum absolute atomic E-state index is 0.000796. The Morgan fingerprint density at radius 1 is 1.13 bits per heavy atom. The summed E-state index contributed by atoms with van der Waals surface area (Å²) in [5.74, 6) is -2.00. The van der Waals surface area contributed by atoms with Gasteiger partial charge in [0.15, 0.2) is 10.6 Å². The number of aryl methyl sites for hydroxylation is 1. The number of fused-ring (bicyclic) bond motifs is 1. The molecule has 0 saturated carbocycles. The van der Waals surface area contributed by atoms with Crippen LogP contribution in [0, 0.1) is 6.92 Å². The number of benzene rings is 2. The van der Waals surface area contributed by atoms with Crippen molar-refractivity contribution in [2.45, 2.75) is 36.1 Å². The maximum Gasteiger partial charge on any atom is 0.321 e. The summed E-state index contributed by atoms with van der Waals surface area (Å²) in [7, 11) is -3.17. The van der Waals surface area contributed by atoms with Gasteiger partial charge in [-0.15, -0.1) is 0 Å². The van der Waals surface area contributed by atoms with Crippen LogP contribution in [0.1, 0.15) is 23.2 Å². The lowest BCUT2D eigenvalue weighted by atomic mass is 9.81. The Balaban J connectivity index is 1.88. The van der Waals surface area contributed by atoms with Gasteiger partial charge >= 0.3 is 5.97 Å². The highest BCUT2D eigenvalue weighted by Gasteiger charge is 2.64. The average molecular weight is 558 g/mol. The van der Waals surface area contributed by atoms with Crippen LogP contribution < -0.4 is 9.04 Å². The number of hydrogen-bond acceptors (Lipinski definition) is 8. The number of carbonyl (C=O) groups excluding carboxylic acids is 1. The molecule has 0 spiro atoms. The summed E-state index contributed by atoms with van der Waals surface area (Å²) in [6.07, 6.45) is -1.25. The van der Waals surface area contributed by atoms with Gasteiger partial charge in [0.05, 0.1) is 18.9 Å². The Bertz CT molecular complexity index is 1560. The second kappa shape index (κ2) is 9.35. The zero-order valence-corrected chi connectivity index (χ0v) is 22.0. The molecule has 0 radical (unpaired) electrons. The van der Waals surface area contributed by atoms with Crippen molar-refractivity contribution in [1.82, 2.24) is 9.88 Å². The van der Waals surface area contributed by atoms with Gasteiger partial charge in [-0.2, -0.15) is 12.7 Å². The van der Waals surface area contributed by atoms with Gasteiger partial charge in [-0.3, -0.25) is 14.5 Å². The van der Waals surface area contributed by atoms with E-state index in [1.54, 1.807) is 37.3 Å². The number of sulfonamides is 1. The molecule has 0 bridgehead atoms. The highest BCUT2D eigenvalue weighted by Crippen LogP contribution is 2.54. The standard InChI is InChI=1S/C26H24ClN3O7S/c1-15-6-5-9-23(28-15)38(35,36)30-20-11-10-16(27)12-19(20)26(25(30)34,18-7-3-4-8-22(18)37-2)29-14-17(31)13-21(29)24(32)33/h3-12,17,21,31H,13-14H2,1-2H3,(H,32,33)/t17-,21+,26?/m1/s1. The number of β-amino-alcohol motifs (C(OH)–C–C–N with tert-alkyl or cyclic N) is 1. The monoisotopic (exact) mass is 557 g/mol. The number of carboxylic acids is 1. The molecule has 3 atom stereocenters. The van der Waals surface area contributed by atoms with Gasteiger partial charge in [0.25, 0.3) is 15.9 Å². The average Bonchev–Trinajstić information content (AvgIpc) is 3.39. The summed E-state index contributed by atoms with van der Waals surface area (Å²) < 4.78 is 34.2. The predicted octanol–water partition coefficient (Wildman–Crippen LogP) is 2.55. The number of ether oxygens (including phenoxy) is 1. The van der Waals surface area contributed by atoms with Gasteiger partial charge in [-0.05, 0) is 43.3 Å². The SMILES string of the molecule is COc1ccccc1C1(N2C[C@H](O)C[C@H]2C(=O)O)C(=O)N(S(=O)(=O)c2cccc(C)n2)c2ccc(Cl)cc21. The van der Waals surface area contributed by atoms with Crippen molar-refractivity contribution in [3.8, 4) is 5.75 Å². The number of pyridine rings is 1. The van der Waals surface area contributed by atoms with Crippen LogP contribution in [0.5, 0.6) is 5.75 Å². The lowest BCUT2D eigenvalue weighted by molar-refractivity contribution is -0.145. The number of aliphatic hydroxyl groups excluding tert-OH is 1. The Kier molecular flexibility index (Phi) is 6.42. The number of aromatic nitrogens is 1. The number of amides is 1. The van der Waals surface area contributed by atoms with Gasteiger partial charge in [-0.1, -0.05) is 35.9 Å². The van der Waals surface area contributed by atoms with Crippen molar-refractivity contribution < 1.29 is 33.0 Å². The van der Waals surface area contributed by atoms with E-state index < -0.39 is 39.6 Å². The van der Waals surface area contributed by atoms with Crippen molar-refractivity contribution in [3.05, 3.63) is 82.5 Å². The molecule has 1 saturated heterocycles. The molecular weight excluding hydrogens is 534 g/mol. The van der Waals surface area contributed by atoms with Crippen LogP contribution in [0.3, 0.4) is 0 Å². The summed E-state index contributed by atoms with van der Waals surface area (Å²) in [6, 6.07) is 13.9. The molecule has 12 heteroatoms. The third kappa shape index (κ3) is 3.77. The number of aliphatic hydroxyl groups is 1. The van der Waals surface area contributed by atoms with E-state index in [-0.39, 0.29) is 45.6 Å². The van der Waals surface area contributed by atoms with Crippen LogP contribution in [-0.2, 0) is 25.2 Å². The molecule has 0 aliphatic carbocycles. The molecule has 2 aromatic carbocycles. The van der Waals surface area contributed by atoms with Crippen molar-refractivity contribution in [2.75, 3.05) is 18.0 Å². The first-order valence-corrected chi connectivity index (χ1v) is 13.5. The first-order chi connectivity index (χ1) is 18.0. The summed E-state index contributed by atoms with van der Waals surface area (Å²) in [5, 5.41) is 20.5. The molecule has 5 rings (SSSR count). The van der Waals surface area contributed by atoms with Crippen LogP contribution >= 0.6 is 11.6 Å². The summed E-state index contributed by atoms with van der Waals surface area (Å²) in [5.41, 5.74) is -1.22. The fraction of sp³-hybridized carbons (Fsp3) is 0.269. The Labute approximate surface area is 224 Å². The molecule has 1 unspecified atom stereocenters. The molecule has 3 aromatic rings. The highest BCUT2D eigenvalue weighted by atomic mass is 35.5. The second-order valence-corrected chi connectivity index (χ2v) is 11.3. The van der Waals surface area contributed by atoms with Crippen LogP contribution in [-0.4, -0.2) is 66.2 Å². The van der Waals surface area contributed by atoms with E-state index >= 15 is 0 Å². The second-order valence-electron chi connectivity index (χ2n) is 9.16. The molecule has 3 heterocycles. The zero-order chi connectivity index (χ0) is 27.4. The van der Waals surface area contributed by atoms with E-state index in [9.17, 15) is 28.2 Å². The third-order valence-electron chi connectivity index (χ3n) is 6.92. The lowest BCUT2D eigenvalue weighted by Crippen LogP contribution is -2.58. The predicted molar refractivity (Wildman–Crippen MR) is 138 cm³/mol. The van der Waals surface area contributed by atoms with Crippen LogP contribution in [0.25, 0.3) is 0 Å². The minimum Gasteiger partial charge on any atom is -0.496 e. The number of hydrogen-bond donors (Lipinski definition) is 2. The van der Waals surface area contributed by atoms with Gasteiger partial charge < -0.3 is 14.9 Å². The van der Waals surface area contributed by atoms with E-state index in [1.807, 2.05) is 0 Å². The first-order valence-electron chi connectivity index (χ1n) is 11.7. The molecular formula is C26H24ClN3O7S. The summed E-state index contributed by atoms with van der Waals surface area (Å²) >= 11 is 6.39. The topological polar surface area (TPSA) is 137 Å². The number of methoxy groups -OCH3 is 1.